The molecular formula is C13H20N2O2. The summed E-state index contributed by atoms with van der Waals surface area (Å²) in [6.45, 7) is 2.90. The second-order valence-electron chi connectivity index (χ2n) is 3.95. The van der Waals surface area contributed by atoms with Crippen molar-refractivity contribution in [2.75, 3.05) is 18.6 Å². The Balaban J connectivity index is 2.47. The largest absolute Gasteiger partial charge is 0.494 e. The number of anilines is 1. The molecule has 94 valence electrons. The summed E-state index contributed by atoms with van der Waals surface area (Å²) < 4.78 is 5.57. The number of rotatable bonds is 6. The average molecular weight is 236 g/mol. The van der Waals surface area contributed by atoms with E-state index in [4.69, 9.17) is 10.5 Å². The lowest BCUT2D eigenvalue weighted by molar-refractivity contribution is 0.255. The Labute approximate surface area is 102 Å². The van der Waals surface area contributed by atoms with E-state index in [0.717, 1.165) is 24.5 Å². The minimum absolute atomic E-state index is 0.471. The lowest BCUT2D eigenvalue weighted by atomic mass is 10.2. The molecule has 0 aliphatic rings. The summed E-state index contributed by atoms with van der Waals surface area (Å²) in [5, 5.41) is 0. The van der Waals surface area contributed by atoms with Gasteiger partial charge in [0.2, 0.25) is 0 Å². The van der Waals surface area contributed by atoms with Crippen LogP contribution in [0.5, 0.6) is 5.75 Å². The number of nitrogens with zero attached hydrogens (tertiary/aromatic N) is 1. The standard InChI is InChI=1S/C13H20N2O2/c1-3-4-5-10-17-12-8-6-11(7-9-12)15(2)13(14)16/h6-9H,3-5,10H2,1-2H3,(H2,14,16). The molecule has 1 aromatic rings. The highest BCUT2D eigenvalue weighted by Crippen LogP contribution is 2.18. The second kappa shape index (κ2) is 6.78. The van der Waals surface area contributed by atoms with Gasteiger partial charge in [0.1, 0.15) is 5.75 Å². The number of ether oxygens (including phenoxy) is 1. The number of nitrogens with two attached hydrogens (primary N) is 1. The Hall–Kier alpha value is -1.71. The molecule has 0 fully saturated rings. The molecule has 0 aromatic heterocycles. The molecule has 17 heavy (non-hydrogen) atoms. The van der Waals surface area contributed by atoms with Crippen molar-refractivity contribution in [1.29, 1.82) is 0 Å². The highest BCUT2D eigenvalue weighted by atomic mass is 16.5. The van der Waals surface area contributed by atoms with Gasteiger partial charge in [-0.2, -0.15) is 0 Å². The van der Waals surface area contributed by atoms with Gasteiger partial charge in [0, 0.05) is 12.7 Å². The Kier molecular flexibility index (Phi) is 5.33. The van der Waals surface area contributed by atoms with Gasteiger partial charge < -0.3 is 10.5 Å². The van der Waals surface area contributed by atoms with Gasteiger partial charge >= 0.3 is 6.03 Å². The summed E-state index contributed by atoms with van der Waals surface area (Å²) in [6, 6.07) is 6.86. The summed E-state index contributed by atoms with van der Waals surface area (Å²) in [7, 11) is 1.64. The molecule has 4 nitrogen and oxygen atoms in total. The number of benzene rings is 1. The summed E-state index contributed by atoms with van der Waals surface area (Å²) in [6.07, 6.45) is 3.44. The summed E-state index contributed by atoms with van der Waals surface area (Å²) >= 11 is 0. The van der Waals surface area contributed by atoms with E-state index in [9.17, 15) is 4.79 Å². The number of hydrogen-bond acceptors (Lipinski definition) is 2. The number of hydrogen-bond donors (Lipinski definition) is 1. The fraction of sp³-hybridized carbons (Fsp3) is 0.462. The molecule has 4 heteroatoms. The van der Waals surface area contributed by atoms with Crippen LogP contribution in [0.1, 0.15) is 26.2 Å². The molecule has 1 rings (SSSR count). The summed E-state index contributed by atoms with van der Waals surface area (Å²) in [4.78, 5) is 12.3. The zero-order valence-electron chi connectivity index (χ0n) is 10.5. The Morgan fingerprint density at radius 3 is 2.47 bits per heavy atom. The number of primary amides is 1. The third-order valence-corrected chi connectivity index (χ3v) is 2.57. The fourth-order valence-corrected chi connectivity index (χ4v) is 1.44. The minimum Gasteiger partial charge on any atom is -0.494 e. The van der Waals surface area contributed by atoms with E-state index in [2.05, 4.69) is 6.92 Å². The van der Waals surface area contributed by atoms with E-state index in [0.29, 0.717) is 0 Å². The molecule has 0 aliphatic heterocycles. The van der Waals surface area contributed by atoms with Gasteiger partial charge in [-0.25, -0.2) is 4.79 Å². The van der Waals surface area contributed by atoms with Crippen molar-refractivity contribution in [3.05, 3.63) is 24.3 Å². The maximum absolute atomic E-state index is 10.9. The maximum atomic E-state index is 10.9. The summed E-state index contributed by atoms with van der Waals surface area (Å²) in [5.41, 5.74) is 5.94. The van der Waals surface area contributed by atoms with Crippen LogP contribution in [0.3, 0.4) is 0 Å². The number of urea groups is 1. The Morgan fingerprint density at radius 2 is 1.94 bits per heavy atom. The van der Waals surface area contributed by atoms with Gasteiger partial charge in [-0.1, -0.05) is 19.8 Å². The number of carbonyl (C=O) groups is 1. The first-order valence-electron chi connectivity index (χ1n) is 5.91. The monoisotopic (exact) mass is 236 g/mol. The third kappa shape index (κ3) is 4.34. The van der Waals surface area contributed by atoms with Crippen LogP contribution in [0.15, 0.2) is 24.3 Å². The molecule has 0 atom stereocenters. The van der Waals surface area contributed by atoms with Crippen LogP contribution in [0, 0.1) is 0 Å². The van der Waals surface area contributed by atoms with Crippen LogP contribution in [-0.4, -0.2) is 19.7 Å². The second-order valence-corrected chi connectivity index (χ2v) is 3.95. The van der Waals surface area contributed by atoms with Gasteiger partial charge in [-0.05, 0) is 30.7 Å². The van der Waals surface area contributed by atoms with Crippen LogP contribution in [0.25, 0.3) is 0 Å². The van der Waals surface area contributed by atoms with E-state index < -0.39 is 6.03 Å². The van der Waals surface area contributed by atoms with Crippen LogP contribution >= 0.6 is 0 Å². The molecular weight excluding hydrogens is 216 g/mol. The van der Waals surface area contributed by atoms with Crippen LogP contribution in [-0.2, 0) is 0 Å². The predicted octanol–water partition coefficient (Wildman–Crippen LogP) is 2.77. The number of unbranched alkanes of at least 4 members (excludes halogenated alkanes) is 2. The van der Waals surface area contributed by atoms with Crippen LogP contribution in [0.4, 0.5) is 10.5 Å². The van der Waals surface area contributed by atoms with Crippen molar-refractivity contribution in [3.63, 3.8) is 0 Å². The van der Waals surface area contributed by atoms with Crippen molar-refractivity contribution in [2.24, 2.45) is 5.73 Å². The third-order valence-electron chi connectivity index (χ3n) is 2.57. The van der Waals surface area contributed by atoms with Crippen molar-refractivity contribution in [2.45, 2.75) is 26.2 Å². The number of amides is 2. The van der Waals surface area contributed by atoms with Gasteiger partial charge in [0.05, 0.1) is 6.61 Å². The van der Waals surface area contributed by atoms with Gasteiger partial charge in [0.25, 0.3) is 0 Å². The molecule has 0 aliphatic carbocycles. The molecule has 0 saturated carbocycles. The number of carbonyl (C=O) groups excluding carboxylic acids is 1. The molecule has 2 amide bonds. The molecule has 0 unspecified atom stereocenters. The normalized spacial score (nSPS) is 10.0. The highest BCUT2D eigenvalue weighted by Gasteiger charge is 2.05. The van der Waals surface area contributed by atoms with Crippen molar-refractivity contribution >= 4 is 11.7 Å². The Bertz CT molecular complexity index is 349. The SMILES string of the molecule is CCCCCOc1ccc(N(C)C(N)=O)cc1. The molecule has 0 spiro atoms. The van der Waals surface area contributed by atoms with Crippen molar-refractivity contribution in [3.8, 4) is 5.75 Å². The minimum atomic E-state index is -0.471. The van der Waals surface area contributed by atoms with Crippen molar-refractivity contribution < 1.29 is 9.53 Å². The first-order chi connectivity index (χ1) is 8.15. The summed E-state index contributed by atoms with van der Waals surface area (Å²) in [5.74, 6) is 0.822. The highest BCUT2D eigenvalue weighted by molar-refractivity contribution is 5.89. The molecule has 0 radical (unpaired) electrons. The molecule has 0 bridgehead atoms. The zero-order valence-corrected chi connectivity index (χ0v) is 10.5. The van der Waals surface area contributed by atoms with Crippen molar-refractivity contribution in [1.82, 2.24) is 0 Å². The van der Waals surface area contributed by atoms with Gasteiger partial charge in [-0.15, -0.1) is 0 Å². The van der Waals surface area contributed by atoms with Gasteiger partial charge in [0.15, 0.2) is 0 Å². The first-order valence-corrected chi connectivity index (χ1v) is 5.91. The van der Waals surface area contributed by atoms with E-state index in [1.807, 2.05) is 24.3 Å². The van der Waals surface area contributed by atoms with E-state index in [1.165, 1.54) is 17.7 Å². The quantitative estimate of drug-likeness (QED) is 0.772. The van der Waals surface area contributed by atoms with E-state index in [-0.39, 0.29) is 0 Å². The van der Waals surface area contributed by atoms with E-state index in [1.54, 1.807) is 7.05 Å². The topological polar surface area (TPSA) is 55.6 Å². The maximum Gasteiger partial charge on any atom is 0.318 e. The predicted molar refractivity (Wildman–Crippen MR) is 69.4 cm³/mol. The van der Waals surface area contributed by atoms with Crippen LogP contribution < -0.4 is 15.4 Å². The first kappa shape index (κ1) is 13.4. The molecule has 0 saturated heterocycles. The fourth-order valence-electron chi connectivity index (χ4n) is 1.44. The molecule has 0 heterocycles. The average Bonchev–Trinajstić information content (AvgIpc) is 2.34. The van der Waals surface area contributed by atoms with E-state index >= 15 is 0 Å². The lowest BCUT2D eigenvalue weighted by Crippen LogP contribution is -2.31. The molecule has 1 aromatic carbocycles. The van der Waals surface area contributed by atoms with Gasteiger partial charge in [-0.3, -0.25) is 4.90 Å². The Morgan fingerprint density at radius 1 is 1.29 bits per heavy atom. The zero-order chi connectivity index (χ0) is 12.7. The molecule has 2 N–H and O–H groups in total. The lowest BCUT2D eigenvalue weighted by Gasteiger charge is -2.14. The smallest absolute Gasteiger partial charge is 0.318 e. The van der Waals surface area contributed by atoms with Crippen LogP contribution in [0.2, 0.25) is 0 Å².